The summed E-state index contributed by atoms with van der Waals surface area (Å²) < 4.78 is 6.20. The Labute approximate surface area is 138 Å². The maximum Gasteiger partial charge on any atom is 0.408 e. The average Bonchev–Trinajstić information content (AvgIpc) is 2.34. The number of amides is 1. The van der Waals surface area contributed by atoms with Crippen molar-refractivity contribution in [3.63, 3.8) is 0 Å². The summed E-state index contributed by atoms with van der Waals surface area (Å²) in [5.74, 6) is 0. The largest absolute Gasteiger partial charge is 0.444 e. The van der Waals surface area contributed by atoms with E-state index in [9.17, 15) is 9.90 Å². The summed E-state index contributed by atoms with van der Waals surface area (Å²) in [5, 5.41) is 21.2. The summed E-state index contributed by atoms with van der Waals surface area (Å²) >= 11 is 2.18. The smallest absolute Gasteiger partial charge is 0.408 e. The molecule has 114 valence electrons. The number of ether oxygens (including phenoxy) is 1. The molecule has 1 aromatic rings. The number of nitrogens with zero attached hydrogens (tertiary/aromatic N) is 1. The van der Waals surface area contributed by atoms with E-state index in [2.05, 4.69) is 27.9 Å². The highest BCUT2D eigenvalue weighted by atomic mass is 127. The Hall–Kier alpha value is -1.33. The number of nitriles is 1. The molecule has 1 unspecified atom stereocenters. The predicted octanol–water partition coefficient (Wildman–Crippen LogP) is 2.61. The molecule has 0 saturated heterocycles. The van der Waals surface area contributed by atoms with Gasteiger partial charge in [-0.25, -0.2) is 4.79 Å². The molecule has 0 fully saturated rings. The van der Waals surface area contributed by atoms with Crippen molar-refractivity contribution < 1.29 is 14.6 Å². The molecule has 0 aliphatic rings. The number of carbonyl (C=O) groups excluding carboxylic acids is 1. The van der Waals surface area contributed by atoms with E-state index in [4.69, 9.17) is 10.00 Å². The summed E-state index contributed by atoms with van der Waals surface area (Å²) in [6.45, 7) is 5.26. The van der Waals surface area contributed by atoms with Gasteiger partial charge < -0.3 is 15.2 Å². The van der Waals surface area contributed by atoms with Crippen molar-refractivity contribution in [2.45, 2.75) is 44.9 Å². The number of benzene rings is 1. The third kappa shape index (κ3) is 6.78. The van der Waals surface area contributed by atoms with Crippen LogP contribution in [0, 0.1) is 14.9 Å². The molecule has 0 saturated carbocycles. The monoisotopic (exact) mass is 402 g/mol. The fourth-order valence-electron chi connectivity index (χ4n) is 1.71. The minimum Gasteiger partial charge on any atom is -0.444 e. The SMILES string of the molecule is CC(C)(C)OC(=O)N[C@@H](Cc1cccc(I)c1)C(O)C#N. The summed E-state index contributed by atoms with van der Waals surface area (Å²) in [6, 6.07) is 8.69. The van der Waals surface area contributed by atoms with Crippen LogP contribution < -0.4 is 5.32 Å². The van der Waals surface area contributed by atoms with E-state index < -0.39 is 23.8 Å². The van der Waals surface area contributed by atoms with Crippen LogP contribution in [0.5, 0.6) is 0 Å². The summed E-state index contributed by atoms with van der Waals surface area (Å²) in [4.78, 5) is 11.8. The van der Waals surface area contributed by atoms with Gasteiger partial charge >= 0.3 is 6.09 Å². The number of hydrogen-bond donors (Lipinski definition) is 2. The Balaban J connectivity index is 2.78. The summed E-state index contributed by atoms with van der Waals surface area (Å²) in [5.41, 5.74) is 0.297. The molecule has 0 heterocycles. The second-order valence-corrected chi connectivity index (χ2v) is 6.91. The van der Waals surface area contributed by atoms with Crippen LogP contribution in [0.4, 0.5) is 4.79 Å². The first-order valence-corrected chi connectivity index (χ1v) is 7.61. The molecule has 6 heteroatoms. The zero-order valence-corrected chi connectivity index (χ0v) is 14.4. The summed E-state index contributed by atoms with van der Waals surface area (Å²) in [7, 11) is 0. The van der Waals surface area contributed by atoms with E-state index in [1.165, 1.54) is 0 Å². The van der Waals surface area contributed by atoms with Gasteiger partial charge in [0.25, 0.3) is 0 Å². The van der Waals surface area contributed by atoms with Gasteiger partial charge in [0.2, 0.25) is 0 Å². The van der Waals surface area contributed by atoms with E-state index in [1.807, 2.05) is 24.3 Å². The number of hydrogen-bond acceptors (Lipinski definition) is 4. The van der Waals surface area contributed by atoms with Crippen molar-refractivity contribution in [2.75, 3.05) is 0 Å². The molecule has 1 rings (SSSR count). The van der Waals surface area contributed by atoms with Gasteiger partial charge in [-0.3, -0.25) is 0 Å². The van der Waals surface area contributed by atoms with E-state index in [1.54, 1.807) is 26.8 Å². The molecule has 0 aliphatic heterocycles. The second-order valence-electron chi connectivity index (χ2n) is 5.66. The molecule has 5 nitrogen and oxygen atoms in total. The quantitative estimate of drug-likeness (QED) is 0.599. The number of aliphatic hydroxyl groups is 1. The maximum absolute atomic E-state index is 11.8. The molecule has 0 aliphatic carbocycles. The molecule has 1 aromatic carbocycles. The van der Waals surface area contributed by atoms with Crippen LogP contribution in [-0.2, 0) is 11.2 Å². The molecule has 0 radical (unpaired) electrons. The van der Waals surface area contributed by atoms with Gasteiger partial charge in [-0.2, -0.15) is 5.26 Å². The Morgan fingerprint density at radius 3 is 2.71 bits per heavy atom. The molecule has 1 amide bonds. The maximum atomic E-state index is 11.8. The van der Waals surface area contributed by atoms with Gasteiger partial charge in [0, 0.05) is 3.57 Å². The molecule has 0 aromatic heterocycles. The molecule has 2 atom stereocenters. The molecular weight excluding hydrogens is 383 g/mol. The van der Waals surface area contributed by atoms with Crippen molar-refractivity contribution >= 4 is 28.7 Å². The lowest BCUT2D eigenvalue weighted by Gasteiger charge is -2.24. The van der Waals surface area contributed by atoms with Crippen LogP contribution in [0.15, 0.2) is 24.3 Å². The standard InChI is InChI=1S/C15H19IN2O3/c1-15(2,3)21-14(20)18-12(13(19)9-17)8-10-5-4-6-11(16)7-10/h4-7,12-13,19H,8H2,1-3H3,(H,18,20)/t12-,13?/m0/s1. The number of alkyl carbamates (subject to hydrolysis) is 1. The van der Waals surface area contributed by atoms with Gasteiger partial charge in [-0.15, -0.1) is 0 Å². The minimum atomic E-state index is -1.30. The van der Waals surface area contributed by atoms with E-state index in [-0.39, 0.29) is 0 Å². The van der Waals surface area contributed by atoms with Crippen LogP contribution >= 0.6 is 22.6 Å². The highest BCUT2D eigenvalue weighted by molar-refractivity contribution is 14.1. The van der Waals surface area contributed by atoms with E-state index in [0.29, 0.717) is 6.42 Å². The lowest BCUT2D eigenvalue weighted by atomic mass is 10.0. The molecule has 21 heavy (non-hydrogen) atoms. The lowest BCUT2D eigenvalue weighted by molar-refractivity contribution is 0.0458. The van der Waals surface area contributed by atoms with Crippen molar-refractivity contribution in [1.82, 2.24) is 5.32 Å². The van der Waals surface area contributed by atoms with Crippen molar-refractivity contribution in [3.05, 3.63) is 33.4 Å². The van der Waals surface area contributed by atoms with Gasteiger partial charge in [-0.05, 0) is 67.5 Å². The van der Waals surface area contributed by atoms with Crippen LogP contribution in [0.3, 0.4) is 0 Å². The molecular formula is C15H19IN2O3. The zero-order chi connectivity index (χ0) is 16.0. The topological polar surface area (TPSA) is 82.3 Å². The zero-order valence-electron chi connectivity index (χ0n) is 12.3. The van der Waals surface area contributed by atoms with Crippen molar-refractivity contribution in [3.8, 4) is 6.07 Å². The summed E-state index contributed by atoms with van der Waals surface area (Å²) in [6.07, 6.45) is -1.59. The van der Waals surface area contributed by atoms with Gasteiger partial charge in [0.15, 0.2) is 6.10 Å². The first-order chi connectivity index (χ1) is 9.71. The predicted molar refractivity (Wildman–Crippen MR) is 87.6 cm³/mol. The first-order valence-electron chi connectivity index (χ1n) is 6.53. The van der Waals surface area contributed by atoms with Crippen LogP contribution in [0.1, 0.15) is 26.3 Å². The Bertz CT molecular complexity index is 534. The third-order valence-corrected chi connectivity index (χ3v) is 3.23. The second kappa shape index (κ2) is 7.61. The normalized spacial score (nSPS) is 13.9. The van der Waals surface area contributed by atoms with E-state index >= 15 is 0 Å². The van der Waals surface area contributed by atoms with Gasteiger partial charge in [0.05, 0.1) is 12.1 Å². The molecule has 0 bridgehead atoms. The highest BCUT2D eigenvalue weighted by Crippen LogP contribution is 2.12. The van der Waals surface area contributed by atoms with Gasteiger partial charge in [0.1, 0.15) is 5.60 Å². The van der Waals surface area contributed by atoms with E-state index in [0.717, 1.165) is 9.13 Å². The fraction of sp³-hybridized carbons (Fsp3) is 0.467. The fourth-order valence-corrected chi connectivity index (χ4v) is 2.32. The van der Waals surface area contributed by atoms with Gasteiger partial charge in [-0.1, -0.05) is 12.1 Å². The first kappa shape index (κ1) is 17.7. The Morgan fingerprint density at radius 2 is 2.19 bits per heavy atom. The van der Waals surface area contributed by atoms with Crippen LogP contribution in [-0.4, -0.2) is 28.9 Å². The van der Waals surface area contributed by atoms with Crippen LogP contribution in [0.25, 0.3) is 0 Å². The number of nitrogens with one attached hydrogen (secondary N) is 1. The number of carbonyl (C=O) groups is 1. The highest BCUT2D eigenvalue weighted by Gasteiger charge is 2.24. The van der Waals surface area contributed by atoms with Crippen molar-refractivity contribution in [1.29, 1.82) is 5.26 Å². The number of halogens is 1. The minimum absolute atomic E-state index is 0.352. The molecule has 0 spiro atoms. The third-order valence-electron chi connectivity index (χ3n) is 2.56. The Morgan fingerprint density at radius 1 is 1.52 bits per heavy atom. The molecule has 2 N–H and O–H groups in total. The number of rotatable bonds is 4. The lowest BCUT2D eigenvalue weighted by Crippen LogP contribution is -2.46. The average molecular weight is 402 g/mol. The number of aliphatic hydroxyl groups excluding tert-OH is 1. The van der Waals surface area contributed by atoms with Crippen molar-refractivity contribution in [2.24, 2.45) is 0 Å². The van der Waals surface area contributed by atoms with Crippen LogP contribution in [0.2, 0.25) is 0 Å². The Kier molecular flexibility index (Phi) is 6.42.